The van der Waals surface area contributed by atoms with Crippen molar-refractivity contribution in [3.63, 3.8) is 0 Å². The largest absolute Gasteiger partial charge is 0.354 e. The lowest BCUT2D eigenvalue weighted by Crippen LogP contribution is -2.51. The molecule has 1 aliphatic rings. The van der Waals surface area contributed by atoms with Crippen molar-refractivity contribution in [2.45, 2.75) is 44.7 Å². The molecule has 15 heavy (non-hydrogen) atoms. The van der Waals surface area contributed by atoms with Gasteiger partial charge in [0.25, 0.3) is 0 Å². The van der Waals surface area contributed by atoms with Crippen molar-refractivity contribution in [2.24, 2.45) is 5.73 Å². The van der Waals surface area contributed by atoms with Crippen LogP contribution in [-0.4, -0.2) is 29.9 Å². The fourth-order valence-corrected chi connectivity index (χ4v) is 1.57. The summed E-state index contributed by atoms with van der Waals surface area (Å²) in [5.41, 5.74) is 5.18. The molecule has 5 heteroatoms. The zero-order chi connectivity index (χ0) is 11.5. The van der Waals surface area contributed by atoms with E-state index in [2.05, 4.69) is 10.6 Å². The lowest BCUT2D eigenvalue weighted by atomic mass is 10.0. The van der Waals surface area contributed by atoms with Gasteiger partial charge in [-0.15, -0.1) is 0 Å². The Morgan fingerprint density at radius 2 is 2.33 bits per heavy atom. The minimum absolute atomic E-state index is 0.0931. The molecule has 0 aromatic carbocycles. The molecule has 5 nitrogen and oxygen atoms in total. The molecule has 1 rings (SSSR count). The molecule has 0 spiro atoms. The first kappa shape index (κ1) is 12.0. The van der Waals surface area contributed by atoms with Crippen molar-refractivity contribution in [3.05, 3.63) is 0 Å². The maximum Gasteiger partial charge on any atom is 0.242 e. The number of hydrogen-bond acceptors (Lipinski definition) is 3. The number of piperidine rings is 1. The summed E-state index contributed by atoms with van der Waals surface area (Å²) >= 11 is 0. The lowest BCUT2D eigenvalue weighted by Gasteiger charge is -2.24. The van der Waals surface area contributed by atoms with E-state index in [0.29, 0.717) is 13.0 Å². The Morgan fingerprint density at radius 1 is 1.67 bits per heavy atom. The number of carbonyl (C=O) groups excluding carboxylic acids is 2. The molecule has 1 unspecified atom stereocenters. The number of amides is 2. The zero-order valence-electron chi connectivity index (χ0n) is 9.30. The predicted octanol–water partition coefficient (Wildman–Crippen LogP) is -0.491. The second kappa shape index (κ2) is 4.61. The van der Waals surface area contributed by atoms with Gasteiger partial charge in [0.2, 0.25) is 11.8 Å². The quantitative estimate of drug-likeness (QED) is 0.591. The summed E-state index contributed by atoms with van der Waals surface area (Å²) in [5.74, 6) is -0.256. The van der Waals surface area contributed by atoms with Crippen molar-refractivity contribution in [1.82, 2.24) is 10.6 Å². The summed E-state index contributed by atoms with van der Waals surface area (Å²) in [5, 5.41) is 5.41. The van der Waals surface area contributed by atoms with Gasteiger partial charge < -0.3 is 16.4 Å². The highest BCUT2D eigenvalue weighted by atomic mass is 16.2. The van der Waals surface area contributed by atoms with Crippen molar-refractivity contribution < 1.29 is 9.59 Å². The van der Waals surface area contributed by atoms with Crippen molar-refractivity contribution in [3.8, 4) is 0 Å². The maximum atomic E-state index is 11.5. The van der Waals surface area contributed by atoms with Crippen molar-refractivity contribution in [2.75, 3.05) is 6.54 Å². The summed E-state index contributed by atoms with van der Waals surface area (Å²) in [7, 11) is 0. The highest BCUT2D eigenvalue weighted by molar-refractivity contribution is 5.88. The van der Waals surface area contributed by atoms with Crippen LogP contribution in [0.15, 0.2) is 0 Å². The first-order valence-electron chi connectivity index (χ1n) is 5.24. The molecule has 0 radical (unpaired) electrons. The number of nitrogens with one attached hydrogen (secondary N) is 2. The van der Waals surface area contributed by atoms with Gasteiger partial charge in [0, 0.05) is 18.5 Å². The summed E-state index contributed by atoms with van der Waals surface area (Å²) in [6.45, 7) is 4.27. The van der Waals surface area contributed by atoms with Crippen molar-refractivity contribution >= 4 is 11.8 Å². The second-order valence-electron chi connectivity index (χ2n) is 4.72. The van der Waals surface area contributed by atoms with Crippen LogP contribution in [0.5, 0.6) is 0 Å². The van der Waals surface area contributed by atoms with Gasteiger partial charge in [-0.2, -0.15) is 0 Å². The van der Waals surface area contributed by atoms with Crippen LogP contribution in [0.1, 0.15) is 33.1 Å². The van der Waals surface area contributed by atoms with Crippen LogP contribution < -0.4 is 16.4 Å². The van der Waals surface area contributed by atoms with Gasteiger partial charge in [-0.3, -0.25) is 9.59 Å². The molecule has 4 N–H and O–H groups in total. The van der Waals surface area contributed by atoms with Crippen LogP contribution in [0.2, 0.25) is 0 Å². The lowest BCUT2D eigenvalue weighted by molar-refractivity contribution is -0.130. The molecule has 0 aromatic rings. The van der Waals surface area contributed by atoms with Gasteiger partial charge in [0.05, 0.1) is 0 Å². The number of nitrogens with two attached hydrogens (primary N) is 1. The fraction of sp³-hybridized carbons (Fsp3) is 0.800. The van der Waals surface area contributed by atoms with Crippen LogP contribution in [0.3, 0.4) is 0 Å². The molecule has 0 bridgehead atoms. The smallest absolute Gasteiger partial charge is 0.242 e. The van der Waals surface area contributed by atoms with Crippen molar-refractivity contribution in [1.29, 1.82) is 0 Å². The van der Waals surface area contributed by atoms with E-state index in [1.165, 1.54) is 0 Å². The van der Waals surface area contributed by atoms with E-state index in [4.69, 9.17) is 5.73 Å². The third-order valence-electron chi connectivity index (χ3n) is 2.24. The Morgan fingerprint density at radius 3 is 2.87 bits per heavy atom. The third-order valence-corrected chi connectivity index (χ3v) is 2.24. The fourth-order valence-electron chi connectivity index (χ4n) is 1.57. The van der Waals surface area contributed by atoms with E-state index in [9.17, 15) is 9.59 Å². The van der Waals surface area contributed by atoms with E-state index >= 15 is 0 Å². The predicted molar refractivity (Wildman–Crippen MR) is 57.1 cm³/mol. The molecule has 86 valence electrons. The van der Waals surface area contributed by atoms with E-state index in [1.807, 2.05) is 0 Å². The minimum atomic E-state index is -0.533. The van der Waals surface area contributed by atoms with E-state index in [-0.39, 0.29) is 24.3 Å². The molecule has 0 aromatic heterocycles. The van der Waals surface area contributed by atoms with Crippen LogP contribution in [0.4, 0.5) is 0 Å². The average molecular weight is 213 g/mol. The van der Waals surface area contributed by atoms with E-state index in [0.717, 1.165) is 6.42 Å². The standard InChI is InChI=1S/C10H19N3O2/c1-10(2,11)6-8(14)13-7-4-3-5-12-9(7)15/h7H,3-6,11H2,1-2H3,(H,12,15)(H,13,14). The molecule has 2 amide bonds. The van der Waals surface area contributed by atoms with Gasteiger partial charge in [-0.1, -0.05) is 0 Å². The van der Waals surface area contributed by atoms with Gasteiger partial charge >= 0.3 is 0 Å². The first-order chi connectivity index (χ1) is 6.88. The maximum absolute atomic E-state index is 11.5. The second-order valence-corrected chi connectivity index (χ2v) is 4.72. The molecular formula is C10H19N3O2. The molecule has 1 atom stereocenters. The number of rotatable bonds is 3. The van der Waals surface area contributed by atoms with Gasteiger partial charge in [0.1, 0.15) is 6.04 Å². The van der Waals surface area contributed by atoms with Gasteiger partial charge in [-0.05, 0) is 26.7 Å². The summed E-state index contributed by atoms with van der Waals surface area (Å²) in [6, 6.07) is -0.381. The normalized spacial score (nSPS) is 22.1. The molecule has 0 saturated carbocycles. The monoisotopic (exact) mass is 213 g/mol. The Hall–Kier alpha value is -1.10. The SMILES string of the molecule is CC(C)(N)CC(=O)NC1CCCNC1=O. The molecule has 0 aliphatic carbocycles. The topological polar surface area (TPSA) is 84.2 Å². The van der Waals surface area contributed by atoms with Gasteiger partial charge in [0.15, 0.2) is 0 Å². The highest BCUT2D eigenvalue weighted by Gasteiger charge is 2.25. The summed E-state index contributed by atoms with van der Waals surface area (Å²) in [6.07, 6.45) is 1.85. The molecule has 1 saturated heterocycles. The van der Waals surface area contributed by atoms with Crippen LogP contribution in [0, 0.1) is 0 Å². The molecule has 1 heterocycles. The Labute approximate surface area is 89.8 Å². The Kier molecular flexibility index (Phi) is 3.68. The summed E-state index contributed by atoms with van der Waals surface area (Å²) < 4.78 is 0. The van der Waals surface area contributed by atoms with Crippen LogP contribution >= 0.6 is 0 Å². The Bertz CT molecular complexity index is 258. The first-order valence-corrected chi connectivity index (χ1v) is 5.24. The minimum Gasteiger partial charge on any atom is -0.354 e. The molecular weight excluding hydrogens is 194 g/mol. The molecule has 1 aliphatic heterocycles. The van der Waals surface area contributed by atoms with Crippen LogP contribution in [0.25, 0.3) is 0 Å². The summed E-state index contributed by atoms with van der Waals surface area (Å²) in [4.78, 5) is 22.8. The van der Waals surface area contributed by atoms with Gasteiger partial charge in [-0.25, -0.2) is 0 Å². The zero-order valence-corrected chi connectivity index (χ0v) is 9.30. The Balaban J connectivity index is 2.40. The average Bonchev–Trinajstić information content (AvgIpc) is 2.05. The van der Waals surface area contributed by atoms with E-state index in [1.54, 1.807) is 13.8 Å². The third kappa shape index (κ3) is 4.29. The van der Waals surface area contributed by atoms with E-state index < -0.39 is 5.54 Å². The van der Waals surface area contributed by atoms with Crippen LogP contribution in [-0.2, 0) is 9.59 Å². The number of hydrogen-bond donors (Lipinski definition) is 3. The highest BCUT2D eigenvalue weighted by Crippen LogP contribution is 2.06. The molecule has 1 fully saturated rings. The number of carbonyl (C=O) groups is 2.